The molecule has 1 saturated carbocycles. The molecular formula is C69H66IrN3O. The van der Waals surface area contributed by atoms with Crippen LogP contribution >= 0.6 is 0 Å². The van der Waals surface area contributed by atoms with Gasteiger partial charge < -0.3 is 19.4 Å². The minimum absolute atomic E-state index is 0. The minimum atomic E-state index is 0. The summed E-state index contributed by atoms with van der Waals surface area (Å²) in [5.74, 6) is 0.685. The fraction of sp³-hybridized carbons (Fsp3) is 0.261. The molecule has 5 heteroatoms. The Balaban J connectivity index is 0.000000180. The number of hydrogen-bond donors (Lipinski definition) is 0. The van der Waals surface area contributed by atoms with Gasteiger partial charge in [0.05, 0.1) is 5.58 Å². The van der Waals surface area contributed by atoms with E-state index in [9.17, 15) is 0 Å². The van der Waals surface area contributed by atoms with Crippen LogP contribution in [0.2, 0.25) is 0 Å². The molecule has 0 atom stereocenters. The molecule has 10 aromatic rings. The molecule has 0 saturated heterocycles. The van der Waals surface area contributed by atoms with Gasteiger partial charge in [-0.05, 0) is 164 Å². The van der Waals surface area contributed by atoms with Crippen LogP contribution in [0.15, 0.2) is 156 Å². The predicted octanol–water partition coefficient (Wildman–Crippen LogP) is 17.6. The van der Waals surface area contributed by atoms with Crippen LogP contribution in [0.25, 0.3) is 66.8 Å². The number of rotatable bonds is 11. The molecule has 0 N–H and O–H groups in total. The minimum Gasteiger partial charge on any atom is -0.501 e. The van der Waals surface area contributed by atoms with Crippen LogP contribution in [0.5, 0.6) is 0 Å². The molecule has 6 aromatic carbocycles. The number of nitrogens with zero attached hydrogens (tertiary/aromatic N) is 3. The number of benzene rings is 6. The first kappa shape index (κ1) is 52.1. The van der Waals surface area contributed by atoms with Crippen molar-refractivity contribution in [1.29, 1.82) is 0 Å². The summed E-state index contributed by atoms with van der Waals surface area (Å²) in [6, 6.07) is 57.8. The zero-order valence-electron chi connectivity index (χ0n) is 44.3. The number of pyridine rings is 3. The topological polar surface area (TPSA) is 51.8 Å². The Morgan fingerprint density at radius 1 is 0.527 bits per heavy atom. The molecule has 372 valence electrons. The zero-order chi connectivity index (χ0) is 50.6. The molecule has 0 radical (unpaired) electrons. The van der Waals surface area contributed by atoms with Gasteiger partial charge in [-0.1, -0.05) is 128 Å². The second-order valence-electron chi connectivity index (χ2n) is 21.5. The molecular weight excluding hydrogens is 1080 g/mol. The van der Waals surface area contributed by atoms with Crippen LogP contribution in [0, 0.1) is 65.2 Å². The SMILES string of the molecule is Cc1c[c-]c(-c2cc(C)c(CCc3cccc(CCc4c[c-]c(-c5cc(C)c(C)cn5)cc4)c3)cn2)cc1.Cc1cc(C2CCC(C)(C)CC2)ccc1-c1cc(-c2[c-]ccc3c2oc2ccccc23)ncc1C.[Ir+3]. The van der Waals surface area contributed by atoms with Crippen LogP contribution in [0.4, 0.5) is 0 Å². The van der Waals surface area contributed by atoms with Gasteiger partial charge in [0.1, 0.15) is 5.58 Å². The summed E-state index contributed by atoms with van der Waals surface area (Å²) in [4.78, 5) is 14.1. The Bertz CT molecular complexity index is 3560. The third kappa shape index (κ3) is 11.9. The van der Waals surface area contributed by atoms with Gasteiger partial charge in [0, 0.05) is 24.0 Å². The average Bonchev–Trinajstić information content (AvgIpc) is 3.79. The Morgan fingerprint density at radius 3 is 1.91 bits per heavy atom. The molecule has 4 heterocycles. The van der Waals surface area contributed by atoms with E-state index in [0.717, 1.165) is 81.4 Å². The largest absolute Gasteiger partial charge is 3.00 e. The van der Waals surface area contributed by atoms with Gasteiger partial charge in [0.25, 0.3) is 0 Å². The number of para-hydroxylation sites is 1. The van der Waals surface area contributed by atoms with Crippen molar-refractivity contribution in [2.75, 3.05) is 0 Å². The number of aromatic nitrogens is 3. The van der Waals surface area contributed by atoms with Gasteiger partial charge in [-0.15, -0.1) is 89.0 Å². The number of fused-ring (bicyclic) bond motifs is 3. The number of furan rings is 1. The normalized spacial score (nSPS) is 13.4. The summed E-state index contributed by atoms with van der Waals surface area (Å²) in [5.41, 5.74) is 25.0. The van der Waals surface area contributed by atoms with Crippen molar-refractivity contribution in [3.8, 4) is 44.9 Å². The van der Waals surface area contributed by atoms with Gasteiger partial charge in [-0.3, -0.25) is 0 Å². The molecule has 0 amide bonds. The smallest absolute Gasteiger partial charge is 0.501 e. The van der Waals surface area contributed by atoms with E-state index in [1.807, 2.05) is 42.9 Å². The summed E-state index contributed by atoms with van der Waals surface area (Å²) in [6.45, 7) is 17.7. The fourth-order valence-electron chi connectivity index (χ4n) is 10.5. The van der Waals surface area contributed by atoms with E-state index in [-0.39, 0.29) is 20.1 Å². The molecule has 11 rings (SSSR count). The standard InChI is InChI=1S/C36H34N2.C33H32NO.Ir/c1-25-8-15-32(16-9-25)36-21-27(3)34(24-38-36)19-14-31-7-5-6-30(22-31)11-10-29-12-17-33(18-13-29)35-20-26(2)28(4)23-37-35;1-21-18-24(23-14-16-33(3,4)17-15-23)12-13-25(21)29-19-30(34-20-22(29)2)28-10-7-9-27-26-8-5-6-11-31(26)35-32(27)28;/h5-9,12-13,15,17,20-24H,10-11,14,19H2,1-4H3;5-9,11-13,18-20,23H,14-17H2,1-4H3;/q-2;-1;+3. The Hall–Kier alpha value is -6.78. The predicted molar refractivity (Wildman–Crippen MR) is 303 cm³/mol. The quantitative estimate of drug-likeness (QED) is 0.121. The van der Waals surface area contributed by atoms with Crippen LogP contribution in [-0.4, -0.2) is 15.0 Å². The van der Waals surface area contributed by atoms with Gasteiger partial charge in [0.15, 0.2) is 0 Å². The Kier molecular flexibility index (Phi) is 16.0. The van der Waals surface area contributed by atoms with Crippen molar-refractivity contribution >= 4 is 21.9 Å². The van der Waals surface area contributed by atoms with E-state index in [1.165, 1.54) is 98.0 Å². The summed E-state index contributed by atoms with van der Waals surface area (Å²) >= 11 is 0. The van der Waals surface area contributed by atoms with Crippen molar-refractivity contribution in [2.45, 2.75) is 113 Å². The van der Waals surface area contributed by atoms with E-state index >= 15 is 0 Å². The van der Waals surface area contributed by atoms with Crippen molar-refractivity contribution in [1.82, 2.24) is 15.0 Å². The van der Waals surface area contributed by atoms with Gasteiger partial charge in [-0.25, -0.2) is 0 Å². The first-order chi connectivity index (χ1) is 35.3. The fourth-order valence-corrected chi connectivity index (χ4v) is 10.5. The van der Waals surface area contributed by atoms with Gasteiger partial charge in [-0.2, -0.15) is 0 Å². The molecule has 0 aliphatic heterocycles. The molecule has 4 aromatic heterocycles. The molecule has 4 nitrogen and oxygen atoms in total. The Labute approximate surface area is 453 Å². The summed E-state index contributed by atoms with van der Waals surface area (Å²) in [7, 11) is 0. The molecule has 0 bridgehead atoms. The maximum Gasteiger partial charge on any atom is 3.00 e. The maximum absolute atomic E-state index is 6.26. The molecule has 0 spiro atoms. The van der Waals surface area contributed by atoms with E-state index in [4.69, 9.17) is 14.4 Å². The van der Waals surface area contributed by atoms with Crippen molar-refractivity contribution in [3.63, 3.8) is 0 Å². The average molecular weight is 1150 g/mol. The third-order valence-electron chi connectivity index (χ3n) is 15.4. The van der Waals surface area contributed by atoms with Crippen LogP contribution < -0.4 is 0 Å². The molecule has 1 aliphatic rings. The van der Waals surface area contributed by atoms with E-state index in [2.05, 4.69) is 188 Å². The summed E-state index contributed by atoms with van der Waals surface area (Å²) in [6.07, 6.45) is 15.2. The second kappa shape index (κ2) is 22.8. The molecule has 1 fully saturated rings. The summed E-state index contributed by atoms with van der Waals surface area (Å²) in [5, 5.41) is 2.23. The first-order valence-corrected chi connectivity index (χ1v) is 26.2. The van der Waals surface area contributed by atoms with E-state index in [1.54, 1.807) is 0 Å². The first-order valence-electron chi connectivity index (χ1n) is 26.2. The van der Waals surface area contributed by atoms with E-state index < -0.39 is 0 Å². The third-order valence-corrected chi connectivity index (χ3v) is 15.4. The van der Waals surface area contributed by atoms with Crippen molar-refractivity contribution < 1.29 is 24.5 Å². The monoisotopic (exact) mass is 1150 g/mol. The summed E-state index contributed by atoms with van der Waals surface area (Å²) < 4.78 is 6.26. The zero-order valence-corrected chi connectivity index (χ0v) is 46.6. The Morgan fingerprint density at radius 2 is 1.20 bits per heavy atom. The number of aryl methyl sites for hydroxylation is 10. The van der Waals surface area contributed by atoms with Crippen LogP contribution in [0.3, 0.4) is 0 Å². The maximum atomic E-state index is 6.26. The molecule has 0 unspecified atom stereocenters. The van der Waals surface area contributed by atoms with Crippen molar-refractivity contribution in [3.05, 3.63) is 231 Å². The van der Waals surface area contributed by atoms with Gasteiger partial charge >= 0.3 is 20.1 Å². The van der Waals surface area contributed by atoms with Crippen LogP contribution in [0.1, 0.15) is 107 Å². The second-order valence-corrected chi connectivity index (χ2v) is 21.5. The van der Waals surface area contributed by atoms with Crippen LogP contribution in [-0.2, 0) is 45.8 Å². The number of hydrogen-bond acceptors (Lipinski definition) is 4. The van der Waals surface area contributed by atoms with Gasteiger partial charge in [0.2, 0.25) is 0 Å². The molecule has 74 heavy (non-hydrogen) atoms. The van der Waals surface area contributed by atoms with E-state index in [0.29, 0.717) is 11.3 Å². The molecule has 1 aliphatic carbocycles. The van der Waals surface area contributed by atoms with Crippen molar-refractivity contribution in [2.24, 2.45) is 5.41 Å².